The van der Waals surface area contributed by atoms with Gasteiger partial charge in [-0.1, -0.05) is 0 Å². The second kappa shape index (κ2) is 8.19. The van der Waals surface area contributed by atoms with E-state index < -0.39 is 16.9 Å². The summed E-state index contributed by atoms with van der Waals surface area (Å²) >= 11 is 0. The van der Waals surface area contributed by atoms with E-state index in [1.807, 2.05) is 0 Å². The molecule has 0 spiro atoms. The Bertz CT molecular complexity index is 449. The van der Waals surface area contributed by atoms with E-state index in [1.165, 1.54) is 10.9 Å². The van der Waals surface area contributed by atoms with Crippen LogP contribution in [0.5, 0.6) is 0 Å². The van der Waals surface area contributed by atoms with Crippen LogP contribution in [0.25, 0.3) is 0 Å². The molecule has 1 atom stereocenters. The second-order valence-corrected chi connectivity index (χ2v) is 4.05. The lowest BCUT2D eigenvalue weighted by molar-refractivity contribution is -0.385. The highest BCUT2D eigenvalue weighted by molar-refractivity contribution is 5.74. The Labute approximate surface area is 114 Å². The Kier molecular flexibility index (Phi) is 6.56. The number of hydrogen-bond donors (Lipinski definition) is 3. The van der Waals surface area contributed by atoms with Crippen molar-refractivity contribution in [1.29, 1.82) is 0 Å². The maximum atomic E-state index is 10.5. The van der Waals surface area contributed by atoms with Crippen molar-refractivity contribution in [2.45, 2.75) is 12.6 Å². The first-order valence-electron chi connectivity index (χ1n) is 5.90. The molecular formula is C10H17N5O5. The number of primary amides is 1. The van der Waals surface area contributed by atoms with Crippen molar-refractivity contribution in [3.63, 3.8) is 0 Å². The van der Waals surface area contributed by atoms with Crippen LogP contribution in [0.4, 0.5) is 5.69 Å². The van der Waals surface area contributed by atoms with E-state index >= 15 is 0 Å². The number of aliphatic hydroxyl groups is 1. The quantitative estimate of drug-likeness (QED) is 0.262. The minimum absolute atomic E-state index is 0.120. The largest absolute Gasteiger partial charge is 0.390 e. The molecule has 0 aliphatic heterocycles. The summed E-state index contributed by atoms with van der Waals surface area (Å²) in [6.45, 7) is 1.02. The Morgan fingerprint density at radius 2 is 2.45 bits per heavy atom. The maximum Gasteiger partial charge on any atom is 0.306 e. The van der Waals surface area contributed by atoms with Crippen molar-refractivity contribution in [2.75, 3.05) is 26.3 Å². The van der Waals surface area contributed by atoms with Gasteiger partial charge in [0.05, 0.1) is 24.2 Å². The van der Waals surface area contributed by atoms with Crippen LogP contribution in [-0.4, -0.2) is 58.1 Å². The molecule has 10 nitrogen and oxygen atoms in total. The van der Waals surface area contributed by atoms with Gasteiger partial charge in [0.15, 0.2) is 0 Å². The van der Waals surface area contributed by atoms with Gasteiger partial charge in [-0.05, 0) is 0 Å². The van der Waals surface area contributed by atoms with E-state index in [0.29, 0.717) is 13.2 Å². The highest BCUT2D eigenvalue weighted by atomic mass is 16.6. The summed E-state index contributed by atoms with van der Waals surface area (Å²) in [4.78, 5) is 20.3. The molecule has 1 aromatic rings. The van der Waals surface area contributed by atoms with Crippen LogP contribution in [-0.2, 0) is 16.1 Å². The van der Waals surface area contributed by atoms with Crippen molar-refractivity contribution in [1.82, 2.24) is 15.1 Å². The topological polar surface area (TPSA) is 146 Å². The van der Waals surface area contributed by atoms with Crippen molar-refractivity contribution >= 4 is 11.6 Å². The number of carbonyl (C=O) groups is 1. The zero-order valence-electron chi connectivity index (χ0n) is 10.8. The molecule has 1 rings (SSSR count). The molecule has 0 aliphatic carbocycles. The molecule has 0 saturated heterocycles. The molecule has 0 fully saturated rings. The minimum Gasteiger partial charge on any atom is -0.390 e. The van der Waals surface area contributed by atoms with E-state index in [9.17, 15) is 20.0 Å². The smallest absolute Gasteiger partial charge is 0.306 e. The fourth-order valence-electron chi connectivity index (χ4n) is 1.41. The van der Waals surface area contributed by atoms with Gasteiger partial charge in [-0.2, -0.15) is 5.10 Å². The third-order valence-electron chi connectivity index (χ3n) is 2.28. The van der Waals surface area contributed by atoms with E-state index in [4.69, 9.17) is 10.5 Å². The lowest BCUT2D eigenvalue weighted by atomic mass is 10.3. The molecule has 0 bridgehead atoms. The van der Waals surface area contributed by atoms with Gasteiger partial charge >= 0.3 is 5.69 Å². The number of nitrogens with one attached hydrogen (secondary N) is 1. The normalized spacial score (nSPS) is 12.2. The molecular weight excluding hydrogens is 270 g/mol. The molecule has 4 N–H and O–H groups in total. The summed E-state index contributed by atoms with van der Waals surface area (Å²) in [6, 6.07) is 0. The number of aliphatic hydroxyl groups excluding tert-OH is 1. The van der Waals surface area contributed by atoms with Gasteiger partial charge in [-0.15, -0.1) is 0 Å². The fraction of sp³-hybridized carbons (Fsp3) is 0.600. The number of aromatic nitrogens is 2. The monoisotopic (exact) mass is 287 g/mol. The predicted octanol–water partition coefficient (Wildman–Crippen LogP) is -1.76. The first-order valence-corrected chi connectivity index (χ1v) is 5.90. The van der Waals surface area contributed by atoms with Crippen LogP contribution >= 0.6 is 0 Å². The van der Waals surface area contributed by atoms with E-state index in [2.05, 4.69) is 10.4 Å². The van der Waals surface area contributed by atoms with Gasteiger partial charge in [-0.25, -0.2) is 0 Å². The van der Waals surface area contributed by atoms with E-state index in [1.54, 1.807) is 0 Å². The summed E-state index contributed by atoms with van der Waals surface area (Å²) in [5, 5.41) is 26.8. The van der Waals surface area contributed by atoms with Crippen LogP contribution in [0.3, 0.4) is 0 Å². The minimum atomic E-state index is -0.745. The third-order valence-corrected chi connectivity index (χ3v) is 2.28. The summed E-state index contributed by atoms with van der Waals surface area (Å²) in [5.74, 6) is -0.537. The summed E-state index contributed by atoms with van der Waals surface area (Å²) < 4.78 is 6.21. The number of carbonyl (C=O) groups excluding carboxylic acids is 1. The van der Waals surface area contributed by atoms with E-state index in [-0.39, 0.29) is 25.4 Å². The number of ether oxygens (including phenoxy) is 1. The van der Waals surface area contributed by atoms with Crippen molar-refractivity contribution in [3.8, 4) is 0 Å². The van der Waals surface area contributed by atoms with Gasteiger partial charge in [0.2, 0.25) is 5.91 Å². The molecule has 112 valence electrons. The van der Waals surface area contributed by atoms with Crippen LogP contribution in [0, 0.1) is 10.1 Å². The summed E-state index contributed by atoms with van der Waals surface area (Å²) in [5.41, 5.74) is 4.76. The Morgan fingerprint density at radius 3 is 3.05 bits per heavy atom. The summed E-state index contributed by atoms with van der Waals surface area (Å²) in [7, 11) is 0. The standard InChI is InChI=1S/C10H17N5O5/c11-10(17)7-20-2-1-12-4-9(16)6-14-5-8(3-13-14)15(18)19/h3,5,9,12,16H,1-2,4,6-7H2,(H2,11,17). The highest BCUT2D eigenvalue weighted by Gasteiger charge is 2.11. The molecule has 0 saturated carbocycles. The maximum absolute atomic E-state index is 10.5. The molecule has 0 aliphatic rings. The molecule has 10 heteroatoms. The number of amides is 1. The average Bonchev–Trinajstić information content (AvgIpc) is 2.81. The third kappa shape index (κ3) is 6.22. The van der Waals surface area contributed by atoms with Gasteiger partial charge in [0.1, 0.15) is 19.0 Å². The molecule has 1 heterocycles. The van der Waals surface area contributed by atoms with Crippen molar-refractivity contribution in [3.05, 3.63) is 22.5 Å². The predicted molar refractivity (Wildman–Crippen MR) is 67.8 cm³/mol. The van der Waals surface area contributed by atoms with E-state index in [0.717, 1.165) is 6.20 Å². The number of hydrogen-bond acceptors (Lipinski definition) is 7. The Morgan fingerprint density at radius 1 is 1.70 bits per heavy atom. The van der Waals surface area contributed by atoms with Gasteiger partial charge in [0, 0.05) is 13.1 Å². The van der Waals surface area contributed by atoms with Gasteiger partial charge in [-0.3, -0.25) is 19.6 Å². The molecule has 1 aromatic heterocycles. The van der Waals surface area contributed by atoms with Gasteiger partial charge in [0.25, 0.3) is 0 Å². The van der Waals surface area contributed by atoms with Crippen LogP contribution in [0.15, 0.2) is 12.4 Å². The molecule has 0 radical (unpaired) electrons. The molecule has 0 aromatic carbocycles. The summed E-state index contributed by atoms with van der Waals surface area (Å²) in [6.07, 6.45) is 1.63. The van der Waals surface area contributed by atoms with Crippen LogP contribution in [0.1, 0.15) is 0 Å². The SMILES string of the molecule is NC(=O)COCCNCC(O)Cn1cc([N+](=O)[O-])cn1. The number of nitrogens with two attached hydrogens (primary N) is 1. The zero-order chi connectivity index (χ0) is 15.0. The molecule has 1 unspecified atom stereocenters. The number of nitro groups is 1. The number of rotatable bonds is 10. The second-order valence-electron chi connectivity index (χ2n) is 4.05. The van der Waals surface area contributed by atoms with Crippen LogP contribution in [0.2, 0.25) is 0 Å². The average molecular weight is 287 g/mol. The first-order chi connectivity index (χ1) is 9.49. The lowest BCUT2D eigenvalue weighted by Gasteiger charge is -2.11. The Balaban J connectivity index is 2.14. The highest BCUT2D eigenvalue weighted by Crippen LogP contribution is 2.07. The first kappa shape index (κ1) is 16.0. The van der Waals surface area contributed by atoms with Gasteiger partial charge < -0.3 is 20.9 Å². The Hall–Kier alpha value is -2.04. The van der Waals surface area contributed by atoms with Crippen LogP contribution < -0.4 is 11.1 Å². The zero-order valence-corrected chi connectivity index (χ0v) is 10.8. The fourth-order valence-corrected chi connectivity index (χ4v) is 1.41. The van der Waals surface area contributed by atoms with Crippen molar-refractivity contribution < 1.29 is 19.6 Å². The molecule has 20 heavy (non-hydrogen) atoms. The molecule has 1 amide bonds. The lowest BCUT2D eigenvalue weighted by Crippen LogP contribution is -2.33. The van der Waals surface area contributed by atoms with Crippen molar-refractivity contribution in [2.24, 2.45) is 5.73 Å². The number of nitrogens with zero attached hydrogens (tertiary/aromatic N) is 3.